The standard InChI is InChI=1S/C39H47NO4.C31H45NO2/c1-7-38(43,8-2)23-22-30-18-19-31(26-28(30)5)39(9-3,10-4)32-20-21-35(29(6)27-32)44-25-15-11-14-24-40-36(41)33-16-12-13-17-34(33)37(40)42;1-7-30(33,8-2)19-18-26-14-15-27(22-24(26)5)31(9-3,10-4)28-16-17-29(25(6)23-28)34-21-13-11-12-20-32/h12-13,16-21,26-27,43H,7-11,14-15,24-25H2,1-6H3;14-17,22-23,33H,7-13,20-21,32H2,1-6H3. The average molecular weight is 1060 g/mol. The third-order valence-electron chi connectivity index (χ3n) is 16.9. The summed E-state index contributed by atoms with van der Waals surface area (Å²) in [6.07, 6.45) is 12.1. The number of carbonyl (C=O) groups is 2. The quantitative estimate of drug-likeness (QED) is 0.0302. The number of aryl methyl sites for hydroxylation is 4. The number of nitrogens with zero attached hydrogens (tertiary/aromatic N) is 1. The van der Waals surface area contributed by atoms with E-state index in [4.69, 9.17) is 15.2 Å². The molecule has 0 fully saturated rings. The van der Waals surface area contributed by atoms with Crippen molar-refractivity contribution in [2.75, 3.05) is 26.3 Å². The van der Waals surface area contributed by atoms with Crippen LogP contribution >= 0.6 is 0 Å². The van der Waals surface area contributed by atoms with Gasteiger partial charge in [0, 0.05) is 28.5 Å². The monoisotopic (exact) mass is 1060 g/mol. The molecule has 1 aliphatic rings. The first kappa shape index (κ1) is 62.7. The Kier molecular flexibility index (Phi) is 23.4. The molecule has 78 heavy (non-hydrogen) atoms. The van der Waals surface area contributed by atoms with E-state index in [0.717, 1.165) is 117 Å². The highest BCUT2D eigenvalue weighted by molar-refractivity contribution is 6.21. The molecule has 1 aliphatic heterocycles. The van der Waals surface area contributed by atoms with Gasteiger partial charge in [-0.05, 0) is 205 Å². The summed E-state index contributed by atoms with van der Waals surface area (Å²) in [6.45, 7) is 27.9. The minimum Gasteiger partial charge on any atom is -0.493 e. The largest absolute Gasteiger partial charge is 0.493 e. The molecule has 0 atom stereocenters. The van der Waals surface area contributed by atoms with Gasteiger partial charge in [0.05, 0.1) is 24.3 Å². The van der Waals surface area contributed by atoms with Gasteiger partial charge in [-0.25, -0.2) is 0 Å². The lowest BCUT2D eigenvalue weighted by atomic mass is 9.70. The predicted octanol–water partition coefficient (Wildman–Crippen LogP) is 15.0. The van der Waals surface area contributed by atoms with Crippen LogP contribution in [0, 0.1) is 51.4 Å². The molecule has 0 bridgehead atoms. The van der Waals surface area contributed by atoms with Gasteiger partial charge in [0.25, 0.3) is 11.8 Å². The molecule has 1 heterocycles. The number of amides is 2. The van der Waals surface area contributed by atoms with Gasteiger partial charge in [0.15, 0.2) is 0 Å². The predicted molar refractivity (Wildman–Crippen MR) is 322 cm³/mol. The number of unbranched alkanes of at least 4 members (excludes halogenated alkanes) is 4. The van der Waals surface area contributed by atoms with Crippen LogP contribution < -0.4 is 15.2 Å². The summed E-state index contributed by atoms with van der Waals surface area (Å²) in [5.41, 5.74) is 16.3. The van der Waals surface area contributed by atoms with Crippen LogP contribution in [0.2, 0.25) is 0 Å². The highest BCUT2D eigenvalue weighted by Crippen LogP contribution is 2.43. The van der Waals surface area contributed by atoms with Crippen molar-refractivity contribution in [1.29, 1.82) is 0 Å². The van der Waals surface area contributed by atoms with Crippen molar-refractivity contribution in [3.8, 4) is 35.2 Å². The highest BCUT2D eigenvalue weighted by Gasteiger charge is 2.35. The first-order chi connectivity index (χ1) is 37.4. The summed E-state index contributed by atoms with van der Waals surface area (Å²) in [6, 6.07) is 33.4. The number of rotatable bonds is 25. The molecular formula is C70H92N2O6. The summed E-state index contributed by atoms with van der Waals surface area (Å²) < 4.78 is 12.2. The number of ether oxygens (including phenoxy) is 2. The van der Waals surface area contributed by atoms with E-state index in [0.29, 0.717) is 50.0 Å². The molecular weight excluding hydrogens is 965 g/mol. The lowest BCUT2D eigenvalue weighted by Crippen LogP contribution is -2.30. The topological polar surface area (TPSA) is 122 Å². The molecule has 5 aromatic rings. The molecule has 6 rings (SSSR count). The molecule has 0 saturated heterocycles. The number of imide groups is 1. The molecule has 0 radical (unpaired) electrons. The molecule has 8 nitrogen and oxygen atoms in total. The van der Waals surface area contributed by atoms with Gasteiger partial charge in [-0.2, -0.15) is 0 Å². The molecule has 0 unspecified atom stereocenters. The van der Waals surface area contributed by atoms with Crippen molar-refractivity contribution < 1.29 is 29.3 Å². The van der Waals surface area contributed by atoms with Crippen LogP contribution in [0.5, 0.6) is 11.5 Å². The van der Waals surface area contributed by atoms with E-state index in [1.165, 1.54) is 32.7 Å². The Bertz CT molecular complexity index is 2880. The van der Waals surface area contributed by atoms with Crippen LogP contribution in [0.3, 0.4) is 0 Å². The van der Waals surface area contributed by atoms with Crippen LogP contribution in [-0.4, -0.2) is 64.4 Å². The molecule has 0 spiro atoms. The Balaban J connectivity index is 0.000000298. The molecule has 2 amide bonds. The van der Waals surface area contributed by atoms with E-state index in [1.807, 2.05) is 27.7 Å². The van der Waals surface area contributed by atoms with E-state index >= 15 is 0 Å². The molecule has 418 valence electrons. The van der Waals surface area contributed by atoms with Crippen LogP contribution in [0.15, 0.2) is 97.1 Å². The maximum atomic E-state index is 12.6. The highest BCUT2D eigenvalue weighted by atomic mass is 16.5. The van der Waals surface area contributed by atoms with Gasteiger partial charge in [-0.3, -0.25) is 14.5 Å². The van der Waals surface area contributed by atoms with E-state index in [2.05, 4.69) is 152 Å². The Morgan fingerprint density at radius 1 is 0.462 bits per heavy atom. The minimum absolute atomic E-state index is 0.0608. The molecule has 8 heteroatoms. The molecule has 0 aliphatic carbocycles. The van der Waals surface area contributed by atoms with Crippen LogP contribution in [0.1, 0.15) is 222 Å². The number of nitrogens with two attached hydrogens (primary N) is 1. The van der Waals surface area contributed by atoms with Gasteiger partial charge in [-0.1, -0.05) is 140 Å². The maximum Gasteiger partial charge on any atom is 0.261 e. The number of carbonyl (C=O) groups excluding carboxylic acids is 2. The van der Waals surface area contributed by atoms with Crippen molar-refractivity contribution in [2.45, 2.75) is 195 Å². The zero-order valence-corrected chi connectivity index (χ0v) is 49.5. The molecule has 0 saturated carbocycles. The van der Waals surface area contributed by atoms with Gasteiger partial charge in [0.2, 0.25) is 0 Å². The van der Waals surface area contributed by atoms with Crippen LogP contribution in [0.25, 0.3) is 0 Å². The lowest BCUT2D eigenvalue weighted by molar-refractivity contribution is 0.0650. The zero-order chi connectivity index (χ0) is 57.1. The number of hydrogen-bond donors (Lipinski definition) is 3. The molecule has 5 aromatic carbocycles. The number of aliphatic hydroxyl groups is 2. The summed E-state index contributed by atoms with van der Waals surface area (Å²) in [5.74, 6) is 14.1. The Labute approximate surface area is 469 Å². The number of benzene rings is 5. The zero-order valence-electron chi connectivity index (χ0n) is 49.5. The first-order valence-electron chi connectivity index (χ1n) is 29.3. The fourth-order valence-corrected chi connectivity index (χ4v) is 10.9. The second-order valence-electron chi connectivity index (χ2n) is 21.5. The van der Waals surface area contributed by atoms with Gasteiger partial charge in [0.1, 0.15) is 22.7 Å². The van der Waals surface area contributed by atoms with E-state index in [1.54, 1.807) is 24.3 Å². The minimum atomic E-state index is -0.940. The normalized spacial score (nSPS) is 12.5. The third-order valence-corrected chi connectivity index (χ3v) is 16.9. The second-order valence-corrected chi connectivity index (χ2v) is 21.5. The van der Waals surface area contributed by atoms with Crippen molar-refractivity contribution in [1.82, 2.24) is 4.90 Å². The van der Waals surface area contributed by atoms with E-state index in [9.17, 15) is 19.8 Å². The van der Waals surface area contributed by atoms with Gasteiger partial charge in [-0.15, -0.1) is 0 Å². The van der Waals surface area contributed by atoms with Gasteiger partial charge < -0.3 is 25.4 Å². The summed E-state index contributed by atoms with van der Waals surface area (Å²) in [7, 11) is 0. The Hall–Kier alpha value is -6.16. The Morgan fingerprint density at radius 3 is 1.15 bits per heavy atom. The van der Waals surface area contributed by atoms with Crippen molar-refractivity contribution >= 4 is 11.8 Å². The number of hydrogen-bond acceptors (Lipinski definition) is 7. The fourth-order valence-electron chi connectivity index (χ4n) is 10.9. The van der Waals surface area contributed by atoms with Crippen LogP contribution in [0.4, 0.5) is 0 Å². The summed E-state index contributed by atoms with van der Waals surface area (Å²) in [4.78, 5) is 26.5. The van der Waals surface area contributed by atoms with E-state index in [-0.39, 0.29) is 22.6 Å². The fraction of sp³-hybridized carbons (Fsp3) is 0.486. The molecule has 4 N–H and O–H groups in total. The van der Waals surface area contributed by atoms with Crippen molar-refractivity contribution in [2.24, 2.45) is 5.73 Å². The van der Waals surface area contributed by atoms with Crippen molar-refractivity contribution in [3.63, 3.8) is 0 Å². The van der Waals surface area contributed by atoms with Crippen LogP contribution in [-0.2, 0) is 10.8 Å². The Morgan fingerprint density at radius 2 is 0.821 bits per heavy atom. The molecule has 0 aromatic heterocycles. The summed E-state index contributed by atoms with van der Waals surface area (Å²) in [5, 5.41) is 21.1. The SMILES string of the molecule is CCC(O)(C#Cc1ccc(C(CC)(CC)c2ccc(OCCCCCN)c(C)c2)cc1C)CC.CCC(O)(C#Cc1ccc(C(CC)(CC)c2ccc(OCCCCCN3C(=O)c4ccccc4C3=O)c(C)c2)cc1C)CC. The van der Waals surface area contributed by atoms with E-state index < -0.39 is 11.2 Å². The van der Waals surface area contributed by atoms with Gasteiger partial charge >= 0.3 is 0 Å². The first-order valence-corrected chi connectivity index (χ1v) is 29.3. The second kappa shape index (κ2) is 29.2. The van der Waals surface area contributed by atoms with Crippen molar-refractivity contribution in [3.05, 3.63) is 164 Å². The maximum absolute atomic E-state index is 12.6. The smallest absolute Gasteiger partial charge is 0.261 e. The average Bonchev–Trinajstić information content (AvgIpc) is 3.84. The third kappa shape index (κ3) is 14.9. The number of fused-ring (bicyclic) bond motifs is 1. The lowest BCUT2D eigenvalue weighted by Gasteiger charge is -2.34. The summed E-state index contributed by atoms with van der Waals surface area (Å²) >= 11 is 0.